The number of nitrogens with zero attached hydrogens (tertiary/aromatic N) is 3. The van der Waals surface area contributed by atoms with Gasteiger partial charge in [-0.05, 0) is 68.0 Å². The summed E-state index contributed by atoms with van der Waals surface area (Å²) in [6, 6.07) is 14.8. The molecule has 186 valence electrons. The Hall–Kier alpha value is -4.92. The molecule has 0 fully saturated rings. The second-order valence-corrected chi connectivity index (χ2v) is 8.18. The summed E-state index contributed by atoms with van der Waals surface area (Å²) in [5.74, 6) is 0.369. The molecule has 9 nitrogen and oxygen atoms in total. The molecular formula is C28H24N4O5. The first-order valence-corrected chi connectivity index (χ1v) is 11.7. The first-order chi connectivity index (χ1) is 18.0. The largest absolute Gasteiger partial charge is 0.504 e. The molecule has 0 bridgehead atoms. The van der Waals surface area contributed by atoms with Gasteiger partial charge in [0.25, 0.3) is 0 Å². The van der Waals surface area contributed by atoms with Crippen molar-refractivity contribution in [2.24, 2.45) is 4.99 Å². The average molecular weight is 497 g/mol. The molecule has 0 atom stereocenters. The third kappa shape index (κ3) is 5.06. The maximum atomic E-state index is 12.7. The Bertz CT molecular complexity index is 1510. The van der Waals surface area contributed by atoms with Crippen LogP contribution in [0.2, 0.25) is 0 Å². The SMILES string of the molecule is CCOC(=O)c1c(Nc2ccc(OCc3ccccn3)cc2C)oc(C=C2C=Nc3ncccc32)c1O. The van der Waals surface area contributed by atoms with Crippen LogP contribution in [0.1, 0.15) is 39.9 Å². The molecule has 1 aliphatic rings. The molecule has 0 aliphatic carbocycles. The fraction of sp³-hybridized carbons (Fsp3) is 0.143. The number of fused-ring (bicyclic) bond motifs is 1. The number of allylic oxidation sites excluding steroid dienone is 1. The molecule has 0 saturated heterocycles. The van der Waals surface area contributed by atoms with Gasteiger partial charge in [-0.2, -0.15) is 0 Å². The number of aromatic nitrogens is 2. The molecule has 4 heterocycles. The van der Waals surface area contributed by atoms with Gasteiger partial charge in [0, 0.05) is 35.4 Å². The molecule has 5 rings (SSSR count). The van der Waals surface area contributed by atoms with Crippen molar-refractivity contribution in [3.05, 3.63) is 89.1 Å². The standard InChI is InChI=1S/C28H24N4O5/c1-3-35-28(34)24-25(33)23(14-18-15-31-26-21(18)8-6-12-30-26)37-27(24)32-22-10-9-20(13-17(22)2)36-16-19-7-4-5-11-29-19/h4-15,32-33H,3,16H2,1-2H3. The van der Waals surface area contributed by atoms with Gasteiger partial charge in [0.2, 0.25) is 5.88 Å². The first-order valence-electron chi connectivity index (χ1n) is 11.7. The van der Waals surface area contributed by atoms with Gasteiger partial charge >= 0.3 is 5.97 Å². The number of rotatable bonds is 8. The number of furan rings is 1. The van der Waals surface area contributed by atoms with E-state index < -0.39 is 5.97 Å². The number of anilines is 2. The zero-order chi connectivity index (χ0) is 25.8. The molecule has 0 radical (unpaired) electrons. The maximum absolute atomic E-state index is 12.7. The number of esters is 1. The topological polar surface area (TPSA) is 119 Å². The Morgan fingerprint density at radius 2 is 2.00 bits per heavy atom. The lowest BCUT2D eigenvalue weighted by Crippen LogP contribution is -2.06. The van der Waals surface area contributed by atoms with Crippen molar-refractivity contribution in [1.82, 2.24) is 9.97 Å². The summed E-state index contributed by atoms with van der Waals surface area (Å²) in [5.41, 5.74) is 3.72. The zero-order valence-electron chi connectivity index (χ0n) is 20.3. The van der Waals surface area contributed by atoms with Crippen molar-refractivity contribution in [3.8, 4) is 11.5 Å². The predicted octanol–water partition coefficient (Wildman–Crippen LogP) is 5.84. The van der Waals surface area contributed by atoms with Gasteiger partial charge in [-0.3, -0.25) is 4.98 Å². The van der Waals surface area contributed by atoms with E-state index >= 15 is 0 Å². The van der Waals surface area contributed by atoms with Gasteiger partial charge in [0.1, 0.15) is 12.4 Å². The Morgan fingerprint density at radius 3 is 2.78 bits per heavy atom. The lowest BCUT2D eigenvalue weighted by molar-refractivity contribution is 0.0524. The number of pyridine rings is 2. The number of benzene rings is 1. The lowest BCUT2D eigenvalue weighted by atomic mass is 10.1. The predicted molar refractivity (Wildman–Crippen MR) is 140 cm³/mol. The van der Waals surface area contributed by atoms with Crippen molar-refractivity contribution in [2.75, 3.05) is 11.9 Å². The van der Waals surface area contributed by atoms with Crippen LogP contribution in [0.3, 0.4) is 0 Å². The minimum Gasteiger partial charge on any atom is -0.504 e. The fourth-order valence-electron chi connectivity index (χ4n) is 3.83. The van der Waals surface area contributed by atoms with E-state index in [-0.39, 0.29) is 29.6 Å². The van der Waals surface area contributed by atoms with Crippen LogP contribution in [0.5, 0.6) is 11.5 Å². The smallest absolute Gasteiger partial charge is 0.347 e. The van der Waals surface area contributed by atoms with Crippen LogP contribution in [0.4, 0.5) is 17.4 Å². The van der Waals surface area contributed by atoms with Crippen LogP contribution in [-0.4, -0.2) is 33.9 Å². The van der Waals surface area contributed by atoms with Crippen LogP contribution in [-0.2, 0) is 11.3 Å². The number of carbonyl (C=O) groups is 1. The van der Waals surface area contributed by atoms with Crippen molar-refractivity contribution in [3.63, 3.8) is 0 Å². The number of hydrogen-bond donors (Lipinski definition) is 2. The second-order valence-electron chi connectivity index (χ2n) is 8.18. The molecule has 4 aromatic rings. The van der Waals surface area contributed by atoms with E-state index in [4.69, 9.17) is 13.9 Å². The van der Waals surface area contributed by atoms with Crippen molar-refractivity contribution < 1.29 is 23.8 Å². The molecule has 1 aliphatic heterocycles. The second kappa shape index (κ2) is 10.4. The molecule has 2 N–H and O–H groups in total. The summed E-state index contributed by atoms with van der Waals surface area (Å²) < 4.78 is 16.9. The summed E-state index contributed by atoms with van der Waals surface area (Å²) >= 11 is 0. The number of aryl methyl sites for hydroxylation is 1. The van der Waals surface area contributed by atoms with Crippen LogP contribution in [0.15, 0.2) is 70.3 Å². The van der Waals surface area contributed by atoms with E-state index in [0.717, 1.165) is 16.8 Å². The van der Waals surface area contributed by atoms with Crippen LogP contribution in [0, 0.1) is 6.92 Å². The minimum absolute atomic E-state index is 0.0643. The summed E-state index contributed by atoms with van der Waals surface area (Å²) in [4.78, 5) is 25.5. The number of aliphatic imine (C=N–C) groups is 1. The van der Waals surface area contributed by atoms with Crippen molar-refractivity contribution >= 4 is 41.2 Å². The lowest BCUT2D eigenvalue weighted by Gasteiger charge is -2.11. The highest BCUT2D eigenvalue weighted by atomic mass is 16.5. The molecule has 0 spiro atoms. The van der Waals surface area contributed by atoms with E-state index in [2.05, 4.69) is 20.3 Å². The van der Waals surface area contributed by atoms with Crippen LogP contribution >= 0.6 is 0 Å². The summed E-state index contributed by atoms with van der Waals surface area (Å²) in [5, 5.41) is 14.0. The summed E-state index contributed by atoms with van der Waals surface area (Å²) in [6.45, 7) is 4.07. The minimum atomic E-state index is -0.703. The zero-order valence-corrected chi connectivity index (χ0v) is 20.3. The van der Waals surface area contributed by atoms with Gasteiger partial charge in [-0.25, -0.2) is 14.8 Å². The fourth-order valence-corrected chi connectivity index (χ4v) is 3.83. The Labute approximate surface area is 213 Å². The highest BCUT2D eigenvalue weighted by molar-refractivity contribution is 6.21. The van der Waals surface area contributed by atoms with Crippen LogP contribution in [0.25, 0.3) is 11.6 Å². The van der Waals surface area contributed by atoms with Gasteiger partial charge in [-0.1, -0.05) is 6.07 Å². The van der Waals surface area contributed by atoms with Gasteiger partial charge in [0.05, 0.1) is 12.3 Å². The third-order valence-corrected chi connectivity index (χ3v) is 5.66. The first kappa shape index (κ1) is 23.8. The maximum Gasteiger partial charge on any atom is 0.347 e. The van der Waals surface area contributed by atoms with Gasteiger partial charge in [-0.15, -0.1) is 0 Å². The third-order valence-electron chi connectivity index (χ3n) is 5.66. The normalized spacial score (nSPS) is 13.0. The van der Waals surface area contributed by atoms with Crippen LogP contribution < -0.4 is 10.1 Å². The molecule has 0 saturated carbocycles. The number of hydrogen-bond acceptors (Lipinski definition) is 9. The van der Waals surface area contributed by atoms with E-state index in [1.807, 2.05) is 37.3 Å². The molecule has 0 unspecified atom stereocenters. The molecule has 3 aromatic heterocycles. The number of nitrogens with one attached hydrogen (secondary N) is 1. The van der Waals surface area contributed by atoms with E-state index in [1.165, 1.54) is 0 Å². The summed E-state index contributed by atoms with van der Waals surface area (Å²) in [7, 11) is 0. The molecule has 9 heteroatoms. The number of aromatic hydroxyl groups is 1. The molecule has 1 aromatic carbocycles. The Balaban J connectivity index is 1.43. The monoisotopic (exact) mass is 496 g/mol. The highest BCUT2D eigenvalue weighted by Crippen LogP contribution is 2.40. The highest BCUT2D eigenvalue weighted by Gasteiger charge is 2.27. The number of carbonyl (C=O) groups excluding carboxylic acids is 1. The van der Waals surface area contributed by atoms with Crippen molar-refractivity contribution in [1.29, 1.82) is 0 Å². The molecular weight excluding hydrogens is 472 g/mol. The van der Waals surface area contributed by atoms with Crippen molar-refractivity contribution in [2.45, 2.75) is 20.5 Å². The molecule has 0 amide bonds. The number of ether oxygens (including phenoxy) is 2. The Morgan fingerprint density at radius 1 is 1.14 bits per heavy atom. The summed E-state index contributed by atoms with van der Waals surface area (Å²) in [6.07, 6.45) is 6.62. The van der Waals surface area contributed by atoms with Gasteiger partial charge in [0.15, 0.2) is 22.9 Å². The van der Waals surface area contributed by atoms with E-state index in [1.54, 1.807) is 49.8 Å². The quantitative estimate of drug-likeness (QED) is 0.292. The average Bonchev–Trinajstić information content (AvgIpc) is 3.45. The van der Waals surface area contributed by atoms with Gasteiger partial charge < -0.3 is 24.3 Å². The van der Waals surface area contributed by atoms with E-state index in [9.17, 15) is 9.90 Å². The van der Waals surface area contributed by atoms with E-state index in [0.29, 0.717) is 29.4 Å². The molecule has 37 heavy (non-hydrogen) atoms. The Kier molecular flexibility index (Phi) is 6.67.